The van der Waals surface area contributed by atoms with Crippen molar-refractivity contribution in [1.29, 1.82) is 0 Å². The van der Waals surface area contributed by atoms with Gasteiger partial charge >= 0.3 is 6.09 Å². The summed E-state index contributed by atoms with van der Waals surface area (Å²) in [5.41, 5.74) is 6.33. The summed E-state index contributed by atoms with van der Waals surface area (Å²) in [6.07, 6.45) is 1.94. The number of carbonyl (C=O) groups is 3. The SMILES string of the molecule is CCOC(=O)N1CCCC1C(=O)NC[C@@H](c1cc(F)cc(F)c1)c1ncccc1-c1ccc(F)c(C(N)=O)c1. The lowest BCUT2D eigenvalue weighted by Gasteiger charge is -2.25. The fraction of sp³-hybridized carbons (Fsp3) is 0.286. The zero-order valence-corrected chi connectivity index (χ0v) is 21.1. The molecule has 4 rings (SSSR count). The average molecular weight is 541 g/mol. The number of carbonyl (C=O) groups excluding carboxylic acids is 3. The highest BCUT2D eigenvalue weighted by molar-refractivity contribution is 5.94. The van der Waals surface area contributed by atoms with Gasteiger partial charge in [0.1, 0.15) is 23.5 Å². The predicted octanol–water partition coefficient (Wildman–Crippen LogP) is 4.13. The normalized spacial score (nSPS) is 15.6. The topological polar surface area (TPSA) is 115 Å². The summed E-state index contributed by atoms with van der Waals surface area (Å²) in [6.45, 7) is 2.08. The Morgan fingerprint density at radius 1 is 1.13 bits per heavy atom. The molecule has 0 spiro atoms. The number of amides is 3. The molecule has 3 aromatic rings. The summed E-state index contributed by atoms with van der Waals surface area (Å²) >= 11 is 0. The highest BCUT2D eigenvalue weighted by atomic mass is 19.1. The van der Waals surface area contributed by atoms with E-state index in [1.807, 2.05) is 0 Å². The van der Waals surface area contributed by atoms with Crippen LogP contribution in [0, 0.1) is 17.5 Å². The van der Waals surface area contributed by atoms with Crippen molar-refractivity contribution >= 4 is 17.9 Å². The zero-order chi connectivity index (χ0) is 28.1. The molecule has 1 saturated heterocycles. The Bertz CT molecular complexity index is 1380. The Morgan fingerprint density at radius 3 is 2.56 bits per heavy atom. The molecule has 39 heavy (non-hydrogen) atoms. The minimum atomic E-state index is -0.960. The van der Waals surface area contributed by atoms with Crippen LogP contribution >= 0.6 is 0 Å². The van der Waals surface area contributed by atoms with E-state index in [-0.39, 0.29) is 24.3 Å². The van der Waals surface area contributed by atoms with Crippen LogP contribution < -0.4 is 11.1 Å². The summed E-state index contributed by atoms with van der Waals surface area (Å²) in [5, 5.41) is 2.80. The van der Waals surface area contributed by atoms with Crippen LogP contribution in [-0.2, 0) is 9.53 Å². The van der Waals surface area contributed by atoms with E-state index in [0.717, 1.165) is 24.3 Å². The first-order valence-electron chi connectivity index (χ1n) is 12.4. The van der Waals surface area contributed by atoms with Crippen molar-refractivity contribution < 1.29 is 32.3 Å². The minimum absolute atomic E-state index is 0.122. The molecular formula is C28H27F3N4O4. The van der Waals surface area contributed by atoms with Crippen molar-refractivity contribution in [3.8, 4) is 11.1 Å². The van der Waals surface area contributed by atoms with Gasteiger partial charge in [0, 0.05) is 36.8 Å². The van der Waals surface area contributed by atoms with Gasteiger partial charge in [-0.15, -0.1) is 0 Å². The number of hydrogen-bond acceptors (Lipinski definition) is 5. The number of halogens is 3. The predicted molar refractivity (Wildman–Crippen MR) is 136 cm³/mol. The van der Waals surface area contributed by atoms with E-state index in [1.165, 1.54) is 23.2 Å². The molecule has 1 unspecified atom stereocenters. The first-order valence-corrected chi connectivity index (χ1v) is 12.4. The highest BCUT2D eigenvalue weighted by Gasteiger charge is 2.35. The minimum Gasteiger partial charge on any atom is -0.450 e. The van der Waals surface area contributed by atoms with Crippen molar-refractivity contribution in [2.75, 3.05) is 19.7 Å². The van der Waals surface area contributed by atoms with Crippen molar-refractivity contribution in [2.24, 2.45) is 5.73 Å². The van der Waals surface area contributed by atoms with Crippen LogP contribution in [0.4, 0.5) is 18.0 Å². The number of nitrogens with two attached hydrogens (primary N) is 1. The van der Waals surface area contributed by atoms with Crippen LogP contribution in [0.25, 0.3) is 11.1 Å². The smallest absolute Gasteiger partial charge is 0.410 e. The van der Waals surface area contributed by atoms with Crippen LogP contribution in [0.2, 0.25) is 0 Å². The van der Waals surface area contributed by atoms with Gasteiger partial charge in [-0.25, -0.2) is 18.0 Å². The summed E-state index contributed by atoms with van der Waals surface area (Å²) in [5.74, 6) is -4.69. The Labute approximate surface area is 223 Å². The number of ether oxygens (including phenoxy) is 1. The second-order valence-electron chi connectivity index (χ2n) is 9.05. The molecule has 3 amide bonds. The van der Waals surface area contributed by atoms with E-state index in [9.17, 15) is 27.6 Å². The Morgan fingerprint density at radius 2 is 1.87 bits per heavy atom. The van der Waals surface area contributed by atoms with Gasteiger partial charge in [0.2, 0.25) is 5.91 Å². The second kappa shape index (κ2) is 12.0. The van der Waals surface area contributed by atoms with Crippen LogP contribution in [0.5, 0.6) is 0 Å². The highest BCUT2D eigenvalue weighted by Crippen LogP contribution is 2.33. The van der Waals surface area contributed by atoms with E-state index < -0.39 is 47.3 Å². The summed E-state index contributed by atoms with van der Waals surface area (Å²) < 4.78 is 47.8. The van der Waals surface area contributed by atoms with Crippen molar-refractivity contribution in [3.05, 3.63) is 89.0 Å². The Kier molecular flexibility index (Phi) is 8.48. The van der Waals surface area contributed by atoms with Gasteiger partial charge in [-0.2, -0.15) is 0 Å². The molecule has 0 radical (unpaired) electrons. The molecule has 0 bridgehead atoms. The molecular weight excluding hydrogens is 513 g/mol. The molecule has 1 aromatic heterocycles. The maximum Gasteiger partial charge on any atom is 0.410 e. The first kappa shape index (κ1) is 27.6. The second-order valence-corrected chi connectivity index (χ2v) is 9.05. The standard InChI is InChI=1S/C28H27F3N4O4/c1-2-39-28(38)35-10-4-6-24(35)27(37)34-15-22(17-11-18(29)14-19(30)12-17)25-20(5-3-9-33-25)16-7-8-23(31)21(13-16)26(32)36/h3,5,7-9,11-14,22,24H,2,4,6,10,15H2,1H3,(H2,32,36)(H,34,37)/t22-,24?/m0/s1. The van der Waals surface area contributed by atoms with Gasteiger partial charge in [0.25, 0.3) is 5.91 Å². The van der Waals surface area contributed by atoms with E-state index in [1.54, 1.807) is 19.1 Å². The van der Waals surface area contributed by atoms with Crippen molar-refractivity contribution in [1.82, 2.24) is 15.2 Å². The third kappa shape index (κ3) is 6.19. The van der Waals surface area contributed by atoms with Gasteiger partial charge in [0.05, 0.1) is 17.9 Å². The molecule has 1 aliphatic rings. The van der Waals surface area contributed by atoms with Crippen LogP contribution in [-0.4, -0.2) is 53.5 Å². The van der Waals surface area contributed by atoms with Crippen molar-refractivity contribution in [2.45, 2.75) is 31.7 Å². The van der Waals surface area contributed by atoms with Crippen LogP contribution in [0.1, 0.15) is 47.3 Å². The van der Waals surface area contributed by atoms with Crippen LogP contribution in [0.3, 0.4) is 0 Å². The number of likely N-dealkylation sites (tertiary alicyclic amines) is 1. The molecule has 8 nitrogen and oxygen atoms in total. The van der Waals surface area contributed by atoms with Gasteiger partial charge in [-0.05, 0) is 61.2 Å². The molecule has 2 atom stereocenters. The first-order chi connectivity index (χ1) is 18.7. The number of nitrogens with one attached hydrogen (secondary N) is 1. The maximum atomic E-state index is 14.3. The fourth-order valence-corrected chi connectivity index (χ4v) is 4.75. The molecule has 2 aromatic carbocycles. The molecule has 2 heterocycles. The number of aromatic nitrogens is 1. The molecule has 0 aliphatic carbocycles. The molecule has 11 heteroatoms. The fourth-order valence-electron chi connectivity index (χ4n) is 4.75. The Balaban J connectivity index is 1.71. The average Bonchev–Trinajstić information content (AvgIpc) is 3.39. The summed E-state index contributed by atoms with van der Waals surface area (Å²) in [6, 6.07) is 9.31. The van der Waals surface area contributed by atoms with Gasteiger partial charge in [-0.3, -0.25) is 19.5 Å². The Hall–Kier alpha value is -4.41. The van der Waals surface area contributed by atoms with E-state index >= 15 is 0 Å². The third-order valence-corrected chi connectivity index (χ3v) is 6.54. The van der Waals surface area contributed by atoms with Crippen LogP contribution in [0.15, 0.2) is 54.7 Å². The zero-order valence-electron chi connectivity index (χ0n) is 21.1. The summed E-state index contributed by atoms with van der Waals surface area (Å²) in [7, 11) is 0. The van der Waals surface area contributed by atoms with Gasteiger partial charge < -0.3 is 15.8 Å². The molecule has 0 saturated carbocycles. The number of benzene rings is 2. The third-order valence-electron chi connectivity index (χ3n) is 6.54. The van der Waals surface area contributed by atoms with E-state index in [2.05, 4.69) is 10.3 Å². The molecule has 3 N–H and O–H groups in total. The lowest BCUT2D eigenvalue weighted by molar-refractivity contribution is -0.125. The lowest BCUT2D eigenvalue weighted by Crippen LogP contribution is -2.47. The molecule has 1 fully saturated rings. The number of pyridine rings is 1. The largest absolute Gasteiger partial charge is 0.450 e. The van der Waals surface area contributed by atoms with E-state index in [0.29, 0.717) is 36.2 Å². The van der Waals surface area contributed by atoms with Gasteiger partial charge in [-0.1, -0.05) is 12.1 Å². The molecule has 1 aliphatic heterocycles. The number of nitrogens with zero attached hydrogens (tertiary/aromatic N) is 2. The number of rotatable bonds is 8. The lowest BCUT2D eigenvalue weighted by atomic mass is 9.89. The quantitative estimate of drug-likeness (QED) is 0.446. The summed E-state index contributed by atoms with van der Waals surface area (Å²) in [4.78, 5) is 43.0. The van der Waals surface area contributed by atoms with E-state index in [4.69, 9.17) is 10.5 Å². The maximum absolute atomic E-state index is 14.3. The van der Waals surface area contributed by atoms with Gasteiger partial charge in [0.15, 0.2) is 0 Å². The van der Waals surface area contributed by atoms with Crippen molar-refractivity contribution in [3.63, 3.8) is 0 Å². The number of primary amides is 1. The monoisotopic (exact) mass is 540 g/mol. The number of hydrogen-bond donors (Lipinski definition) is 2. The molecule has 204 valence electrons.